The predicted molar refractivity (Wildman–Crippen MR) is 72.3 cm³/mol. The summed E-state index contributed by atoms with van der Waals surface area (Å²) in [5.41, 5.74) is 3.99. The van der Waals surface area contributed by atoms with E-state index >= 15 is 0 Å². The molecule has 1 aromatic rings. The van der Waals surface area contributed by atoms with Gasteiger partial charge in [0.2, 0.25) is 0 Å². The van der Waals surface area contributed by atoms with Crippen LogP contribution in [0.1, 0.15) is 24.5 Å². The van der Waals surface area contributed by atoms with Gasteiger partial charge >= 0.3 is 0 Å². The van der Waals surface area contributed by atoms with Gasteiger partial charge in [0.1, 0.15) is 0 Å². The second kappa shape index (κ2) is 6.54. The van der Waals surface area contributed by atoms with Crippen molar-refractivity contribution in [2.45, 2.75) is 27.2 Å². The average molecular weight is 220 g/mol. The lowest BCUT2D eigenvalue weighted by molar-refractivity contribution is 0.666. The first-order chi connectivity index (χ1) is 7.63. The van der Waals surface area contributed by atoms with Gasteiger partial charge in [0.05, 0.1) is 0 Å². The number of hydrogen-bond acceptors (Lipinski definition) is 2. The van der Waals surface area contributed by atoms with E-state index in [0.717, 1.165) is 19.6 Å². The molecule has 16 heavy (non-hydrogen) atoms. The van der Waals surface area contributed by atoms with Crippen LogP contribution in [0.15, 0.2) is 18.2 Å². The van der Waals surface area contributed by atoms with Crippen LogP contribution in [0.3, 0.4) is 0 Å². The first kappa shape index (κ1) is 13.0. The molecule has 2 heteroatoms. The van der Waals surface area contributed by atoms with Crippen molar-refractivity contribution in [1.29, 1.82) is 0 Å². The van der Waals surface area contributed by atoms with Crippen molar-refractivity contribution in [2.75, 3.05) is 31.6 Å². The van der Waals surface area contributed by atoms with Gasteiger partial charge in [0.25, 0.3) is 0 Å². The number of nitrogens with zero attached hydrogens (tertiary/aromatic N) is 1. The number of hydrogen-bond donors (Lipinski definition) is 1. The molecule has 0 fully saturated rings. The molecule has 0 saturated carbocycles. The molecule has 0 radical (unpaired) electrons. The summed E-state index contributed by atoms with van der Waals surface area (Å²) in [5.74, 6) is 0. The summed E-state index contributed by atoms with van der Waals surface area (Å²) in [6.45, 7) is 9.72. The van der Waals surface area contributed by atoms with Gasteiger partial charge in [-0.15, -0.1) is 0 Å². The van der Waals surface area contributed by atoms with Gasteiger partial charge in [-0.2, -0.15) is 0 Å². The highest BCUT2D eigenvalue weighted by Gasteiger charge is 2.01. The lowest BCUT2D eigenvalue weighted by Gasteiger charge is -2.20. The number of benzene rings is 1. The van der Waals surface area contributed by atoms with E-state index in [2.05, 4.69) is 56.2 Å². The molecule has 0 aromatic heterocycles. The summed E-state index contributed by atoms with van der Waals surface area (Å²) >= 11 is 0. The molecule has 0 aliphatic heterocycles. The van der Waals surface area contributed by atoms with E-state index < -0.39 is 0 Å². The lowest BCUT2D eigenvalue weighted by atomic mass is 10.1. The van der Waals surface area contributed by atoms with E-state index in [0.29, 0.717) is 0 Å². The maximum absolute atomic E-state index is 3.42. The standard InChI is InChI=1S/C14H24N2/c1-5-6-15-7-8-16(4)14-10-12(2)9-13(3)11-14/h9-11,15H,5-8H2,1-4H3. The van der Waals surface area contributed by atoms with Crippen molar-refractivity contribution >= 4 is 5.69 Å². The van der Waals surface area contributed by atoms with Crippen LogP contribution in [0.4, 0.5) is 5.69 Å². The molecule has 0 bridgehead atoms. The fourth-order valence-corrected chi connectivity index (χ4v) is 1.85. The molecule has 1 rings (SSSR count). The number of anilines is 1. The van der Waals surface area contributed by atoms with E-state index in [1.165, 1.54) is 23.2 Å². The third kappa shape index (κ3) is 4.23. The van der Waals surface area contributed by atoms with Crippen molar-refractivity contribution < 1.29 is 0 Å². The van der Waals surface area contributed by atoms with Crippen LogP contribution in [0.25, 0.3) is 0 Å². The molecule has 0 heterocycles. The smallest absolute Gasteiger partial charge is 0.0369 e. The highest BCUT2D eigenvalue weighted by atomic mass is 15.1. The third-order valence-corrected chi connectivity index (χ3v) is 2.70. The normalized spacial score (nSPS) is 10.5. The minimum absolute atomic E-state index is 1.05. The van der Waals surface area contributed by atoms with Gasteiger partial charge in [-0.1, -0.05) is 13.0 Å². The van der Waals surface area contributed by atoms with Crippen molar-refractivity contribution in [3.8, 4) is 0 Å². The van der Waals surface area contributed by atoms with Crippen LogP contribution in [-0.2, 0) is 0 Å². The van der Waals surface area contributed by atoms with Gasteiger partial charge in [0.15, 0.2) is 0 Å². The molecule has 0 aliphatic rings. The molecule has 90 valence electrons. The number of aryl methyl sites for hydroxylation is 2. The van der Waals surface area contributed by atoms with Crippen LogP contribution in [0.2, 0.25) is 0 Å². The second-order valence-electron chi connectivity index (χ2n) is 4.52. The van der Waals surface area contributed by atoms with E-state index in [9.17, 15) is 0 Å². The summed E-state index contributed by atoms with van der Waals surface area (Å²) < 4.78 is 0. The van der Waals surface area contributed by atoms with Gasteiger partial charge in [0, 0.05) is 25.8 Å². The fourth-order valence-electron chi connectivity index (χ4n) is 1.85. The minimum Gasteiger partial charge on any atom is -0.373 e. The molecule has 0 atom stereocenters. The minimum atomic E-state index is 1.05. The highest BCUT2D eigenvalue weighted by molar-refractivity contribution is 5.50. The van der Waals surface area contributed by atoms with E-state index in [1.54, 1.807) is 0 Å². The molecule has 2 nitrogen and oxygen atoms in total. The molecular weight excluding hydrogens is 196 g/mol. The van der Waals surface area contributed by atoms with Crippen molar-refractivity contribution in [1.82, 2.24) is 5.32 Å². The molecule has 0 aliphatic carbocycles. The van der Waals surface area contributed by atoms with E-state index in [1.807, 2.05) is 0 Å². The lowest BCUT2D eigenvalue weighted by Crippen LogP contribution is -2.29. The van der Waals surface area contributed by atoms with Gasteiger partial charge in [-0.25, -0.2) is 0 Å². The predicted octanol–water partition coefficient (Wildman–Crippen LogP) is 2.74. The summed E-state index contributed by atoms with van der Waals surface area (Å²) in [6.07, 6.45) is 1.20. The molecular formula is C14H24N2. The van der Waals surface area contributed by atoms with Gasteiger partial charge in [-0.3, -0.25) is 0 Å². The maximum atomic E-state index is 3.42. The zero-order chi connectivity index (χ0) is 12.0. The Hall–Kier alpha value is -1.02. The molecule has 0 spiro atoms. The Morgan fingerprint density at radius 1 is 1.06 bits per heavy atom. The van der Waals surface area contributed by atoms with Crippen LogP contribution >= 0.6 is 0 Å². The summed E-state index contributed by atoms with van der Waals surface area (Å²) in [7, 11) is 2.15. The quantitative estimate of drug-likeness (QED) is 0.742. The largest absolute Gasteiger partial charge is 0.373 e. The Morgan fingerprint density at radius 3 is 2.25 bits per heavy atom. The van der Waals surface area contributed by atoms with Crippen LogP contribution in [-0.4, -0.2) is 26.7 Å². The Kier molecular flexibility index (Phi) is 5.33. The van der Waals surface area contributed by atoms with Crippen LogP contribution in [0.5, 0.6) is 0 Å². The van der Waals surface area contributed by atoms with Crippen LogP contribution < -0.4 is 10.2 Å². The molecule has 0 amide bonds. The van der Waals surface area contributed by atoms with Crippen molar-refractivity contribution in [3.05, 3.63) is 29.3 Å². The topological polar surface area (TPSA) is 15.3 Å². The van der Waals surface area contributed by atoms with Crippen molar-refractivity contribution in [3.63, 3.8) is 0 Å². The molecule has 1 N–H and O–H groups in total. The second-order valence-corrected chi connectivity index (χ2v) is 4.52. The first-order valence-electron chi connectivity index (χ1n) is 6.13. The number of rotatable bonds is 6. The van der Waals surface area contributed by atoms with Crippen molar-refractivity contribution in [2.24, 2.45) is 0 Å². The highest BCUT2D eigenvalue weighted by Crippen LogP contribution is 2.16. The zero-order valence-electron chi connectivity index (χ0n) is 11.0. The van der Waals surface area contributed by atoms with Gasteiger partial charge in [-0.05, 0) is 50.1 Å². The summed E-state index contributed by atoms with van der Waals surface area (Å²) in [5, 5.41) is 3.42. The Balaban J connectivity index is 2.48. The fraction of sp³-hybridized carbons (Fsp3) is 0.571. The zero-order valence-corrected chi connectivity index (χ0v) is 11.0. The molecule has 1 aromatic carbocycles. The maximum Gasteiger partial charge on any atom is 0.0369 e. The van der Waals surface area contributed by atoms with Gasteiger partial charge < -0.3 is 10.2 Å². The molecule has 0 saturated heterocycles. The summed E-state index contributed by atoms with van der Waals surface area (Å²) in [4.78, 5) is 2.31. The Bertz CT molecular complexity index is 300. The Labute approximate surface area is 99.7 Å². The Morgan fingerprint density at radius 2 is 1.69 bits per heavy atom. The summed E-state index contributed by atoms with van der Waals surface area (Å²) in [6, 6.07) is 6.70. The third-order valence-electron chi connectivity index (χ3n) is 2.70. The van der Waals surface area contributed by atoms with Crippen LogP contribution in [0, 0.1) is 13.8 Å². The number of nitrogens with one attached hydrogen (secondary N) is 1. The SMILES string of the molecule is CCCNCCN(C)c1cc(C)cc(C)c1. The average Bonchev–Trinajstić information content (AvgIpc) is 2.22. The number of likely N-dealkylation sites (N-methyl/N-ethyl adjacent to an activating group) is 1. The first-order valence-corrected chi connectivity index (χ1v) is 6.13. The molecule has 0 unspecified atom stereocenters. The van der Waals surface area contributed by atoms with E-state index in [4.69, 9.17) is 0 Å². The monoisotopic (exact) mass is 220 g/mol. The van der Waals surface area contributed by atoms with E-state index in [-0.39, 0.29) is 0 Å².